The van der Waals surface area contributed by atoms with Crippen LogP contribution in [-0.4, -0.2) is 27.9 Å². The summed E-state index contributed by atoms with van der Waals surface area (Å²) in [5, 5.41) is 23.2. The van der Waals surface area contributed by atoms with Crippen molar-refractivity contribution in [1.29, 1.82) is 5.26 Å². The van der Waals surface area contributed by atoms with Crippen molar-refractivity contribution in [3.63, 3.8) is 0 Å². The van der Waals surface area contributed by atoms with E-state index >= 15 is 0 Å². The Morgan fingerprint density at radius 2 is 2.43 bits per heavy atom. The number of pyridine rings is 1. The molecular weight excluding hydrogens is 270 g/mol. The average molecular weight is 281 g/mol. The Morgan fingerprint density at radius 3 is 3.10 bits per heavy atom. The minimum absolute atomic E-state index is 0.0679. The van der Waals surface area contributed by atoms with Crippen LogP contribution in [0, 0.1) is 21.4 Å². The van der Waals surface area contributed by atoms with Gasteiger partial charge in [-0.2, -0.15) is 5.26 Å². The number of aromatic nitrogens is 1. The van der Waals surface area contributed by atoms with Gasteiger partial charge in [-0.3, -0.25) is 15.1 Å². The summed E-state index contributed by atoms with van der Waals surface area (Å²) in [4.78, 5) is 16.8. The number of hydrogen-bond acceptors (Lipinski definition) is 6. The van der Waals surface area contributed by atoms with E-state index in [1.807, 2.05) is 17.0 Å². The van der Waals surface area contributed by atoms with Gasteiger partial charge in [-0.05, 0) is 18.2 Å². The Balaban J connectivity index is 2.17. The van der Waals surface area contributed by atoms with Gasteiger partial charge in [0, 0.05) is 37.1 Å². The second-order valence-electron chi connectivity index (χ2n) is 4.53. The summed E-state index contributed by atoms with van der Waals surface area (Å²) < 4.78 is 0. The smallest absolute Gasteiger partial charge is 0.317 e. The third kappa shape index (κ3) is 2.12. The highest BCUT2D eigenvalue weighted by Gasteiger charge is 2.36. The molecular formula is C14H11N5O2. The number of rotatable bonds is 2. The average Bonchev–Trinajstić information content (AvgIpc) is 2.96. The van der Waals surface area contributed by atoms with E-state index in [1.54, 1.807) is 24.5 Å². The lowest BCUT2D eigenvalue weighted by Gasteiger charge is -2.26. The van der Waals surface area contributed by atoms with Crippen molar-refractivity contribution in [2.24, 2.45) is 0 Å². The van der Waals surface area contributed by atoms with Crippen LogP contribution >= 0.6 is 0 Å². The Hall–Kier alpha value is -3.14. The number of hydrogen-bond donors (Lipinski definition) is 1. The first-order chi connectivity index (χ1) is 10.2. The molecule has 104 valence electrons. The summed E-state index contributed by atoms with van der Waals surface area (Å²) in [6.07, 6.45) is 6.22. The third-order valence-corrected chi connectivity index (χ3v) is 3.34. The minimum Gasteiger partial charge on any atom is -0.364 e. The van der Waals surface area contributed by atoms with Crippen molar-refractivity contribution < 1.29 is 4.92 Å². The van der Waals surface area contributed by atoms with E-state index in [0.29, 0.717) is 24.5 Å². The molecule has 0 aliphatic carbocycles. The van der Waals surface area contributed by atoms with Crippen LogP contribution in [0.25, 0.3) is 5.70 Å². The molecule has 1 fully saturated rings. The zero-order chi connectivity index (χ0) is 14.8. The van der Waals surface area contributed by atoms with E-state index in [1.165, 1.54) is 6.08 Å². The fourth-order valence-electron chi connectivity index (χ4n) is 2.50. The molecule has 3 rings (SSSR count). The van der Waals surface area contributed by atoms with Crippen LogP contribution in [0.5, 0.6) is 0 Å². The number of allylic oxidation sites excluding steroid dienone is 2. The highest BCUT2D eigenvalue weighted by molar-refractivity contribution is 5.72. The second kappa shape index (κ2) is 5.09. The molecule has 7 nitrogen and oxygen atoms in total. The molecule has 21 heavy (non-hydrogen) atoms. The highest BCUT2D eigenvalue weighted by Crippen LogP contribution is 2.35. The zero-order valence-electron chi connectivity index (χ0n) is 11.0. The Labute approximate surface area is 120 Å². The van der Waals surface area contributed by atoms with Crippen molar-refractivity contribution in [2.45, 2.75) is 0 Å². The largest absolute Gasteiger partial charge is 0.364 e. The zero-order valence-corrected chi connectivity index (χ0v) is 11.0. The summed E-state index contributed by atoms with van der Waals surface area (Å²) in [7, 11) is 0. The Kier molecular flexibility index (Phi) is 3.12. The van der Waals surface area contributed by atoms with Gasteiger partial charge in [-0.15, -0.1) is 0 Å². The van der Waals surface area contributed by atoms with Gasteiger partial charge >= 0.3 is 5.70 Å². The maximum atomic E-state index is 11.3. The van der Waals surface area contributed by atoms with Crippen molar-refractivity contribution in [3.8, 4) is 6.07 Å². The van der Waals surface area contributed by atoms with Crippen LogP contribution in [0.4, 0.5) is 0 Å². The number of nitro groups is 1. The van der Waals surface area contributed by atoms with Gasteiger partial charge in [-0.1, -0.05) is 0 Å². The Morgan fingerprint density at radius 1 is 1.57 bits per heavy atom. The summed E-state index contributed by atoms with van der Waals surface area (Å²) in [5.74, 6) is 0.433. The van der Waals surface area contributed by atoms with Crippen molar-refractivity contribution in [2.75, 3.05) is 13.1 Å². The lowest BCUT2D eigenvalue weighted by molar-refractivity contribution is -0.422. The van der Waals surface area contributed by atoms with Crippen LogP contribution < -0.4 is 5.32 Å². The summed E-state index contributed by atoms with van der Waals surface area (Å²) in [6.45, 7) is 1.25. The molecule has 3 heterocycles. The van der Waals surface area contributed by atoms with Gasteiger partial charge in [0.05, 0.1) is 22.3 Å². The van der Waals surface area contributed by atoms with E-state index in [-0.39, 0.29) is 5.70 Å². The van der Waals surface area contributed by atoms with Gasteiger partial charge in [0.2, 0.25) is 0 Å². The first-order valence-corrected chi connectivity index (χ1v) is 6.34. The number of nitrogens with one attached hydrogen (secondary N) is 1. The monoisotopic (exact) mass is 281 g/mol. The van der Waals surface area contributed by atoms with Crippen molar-refractivity contribution in [1.82, 2.24) is 15.2 Å². The van der Waals surface area contributed by atoms with Crippen molar-refractivity contribution >= 4 is 5.70 Å². The standard InChI is InChI=1S/C14H11N5O2/c15-4-3-10-8-12(11-2-1-5-16-9-11)18-7-6-17-14(18)13(10)19(20)21/h1-3,5,8-9,17H,6-7H2/b10-3-. The normalized spacial score (nSPS) is 18.9. The van der Waals surface area contributed by atoms with Gasteiger partial charge < -0.3 is 10.2 Å². The molecule has 1 aromatic rings. The number of nitriles is 1. The maximum Gasteiger partial charge on any atom is 0.317 e. The van der Waals surface area contributed by atoms with Crippen LogP contribution in [0.2, 0.25) is 0 Å². The first-order valence-electron chi connectivity index (χ1n) is 6.34. The predicted octanol–water partition coefficient (Wildman–Crippen LogP) is 1.24. The number of nitrogens with zero attached hydrogens (tertiary/aromatic N) is 4. The van der Waals surface area contributed by atoms with E-state index in [9.17, 15) is 10.1 Å². The molecule has 1 N–H and O–H groups in total. The summed E-state index contributed by atoms with van der Waals surface area (Å²) in [5.41, 5.74) is 1.88. The van der Waals surface area contributed by atoms with E-state index in [4.69, 9.17) is 5.26 Å². The molecule has 1 saturated heterocycles. The van der Waals surface area contributed by atoms with E-state index < -0.39 is 4.92 Å². The van der Waals surface area contributed by atoms with Gasteiger partial charge in [0.25, 0.3) is 0 Å². The van der Waals surface area contributed by atoms with E-state index in [2.05, 4.69) is 10.3 Å². The fourth-order valence-corrected chi connectivity index (χ4v) is 2.50. The minimum atomic E-state index is -0.458. The molecule has 0 atom stereocenters. The van der Waals surface area contributed by atoms with Crippen LogP contribution in [0.15, 0.2) is 53.8 Å². The molecule has 0 radical (unpaired) electrons. The predicted molar refractivity (Wildman–Crippen MR) is 74.6 cm³/mol. The molecule has 2 aliphatic rings. The second-order valence-corrected chi connectivity index (χ2v) is 4.53. The third-order valence-electron chi connectivity index (χ3n) is 3.34. The fraction of sp³-hybridized carbons (Fsp3) is 0.143. The van der Waals surface area contributed by atoms with Gasteiger partial charge in [0.1, 0.15) is 0 Å². The molecule has 7 heteroatoms. The van der Waals surface area contributed by atoms with Crippen molar-refractivity contribution in [3.05, 3.63) is 69.4 Å². The molecule has 0 saturated carbocycles. The number of fused-ring (bicyclic) bond motifs is 1. The molecule has 1 aromatic heterocycles. The van der Waals surface area contributed by atoms with Gasteiger partial charge in [0.15, 0.2) is 5.82 Å². The molecule has 0 spiro atoms. The molecule has 0 amide bonds. The lowest BCUT2D eigenvalue weighted by atomic mass is 10.0. The Bertz CT molecular complexity index is 727. The van der Waals surface area contributed by atoms with Crippen LogP contribution in [0.3, 0.4) is 0 Å². The molecule has 0 bridgehead atoms. The molecule has 2 aliphatic heterocycles. The highest BCUT2D eigenvalue weighted by atomic mass is 16.6. The summed E-state index contributed by atoms with van der Waals surface area (Å²) in [6, 6.07) is 5.56. The maximum absolute atomic E-state index is 11.3. The van der Waals surface area contributed by atoms with Crippen LogP contribution in [-0.2, 0) is 0 Å². The van der Waals surface area contributed by atoms with Crippen LogP contribution in [0.1, 0.15) is 5.56 Å². The SMILES string of the molecule is N#C/C=C1/C=C(c2cccnc2)N2CCNC2=C1[N+](=O)[O-]. The topological polar surface area (TPSA) is 95.1 Å². The molecule has 0 unspecified atom stereocenters. The quantitative estimate of drug-likeness (QED) is 0.498. The molecule has 0 aromatic carbocycles. The van der Waals surface area contributed by atoms with Gasteiger partial charge in [-0.25, -0.2) is 0 Å². The lowest BCUT2D eigenvalue weighted by Crippen LogP contribution is -2.27. The van der Waals surface area contributed by atoms with E-state index in [0.717, 1.165) is 11.3 Å². The summed E-state index contributed by atoms with van der Waals surface area (Å²) >= 11 is 0. The first kappa shape index (κ1) is 12.9.